The van der Waals surface area contributed by atoms with Crippen LogP contribution in [0.2, 0.25) is 0 Å². The summed E-state index contributed by atoms with van der Waals surface area (Å²) in [6.07, 6.45) is 8.89. The van der Waals surface area contributed by atoms with Gasteiger partial charge in [0.15, 0.2) is 0 Å². The number of hydrogen-bond donors (Lipinski definition) is 1. The number of benzene rings is 1. The van der Waals surface area contributed by atoms with Crippen LogP contribution in [0.4, 0.5) is 0 Å². The molecule has 0 saturated carbocycles. The van der Waals surface area contributed by atoms with Gasteiger partial charge in [-0.2, -0.15) is 0 Å². The first-order chi connectivity index (χ1) is 10.4. The lowest BCUT2D eigenvalue weighted by Gasteiger charge is -2.16. The van der Waals surface area contributed by atoms with E-state index in [1.807, 2.05) is 11.3 Å². The number of nitrogens with one attached hydrogen (secondary N) is 1. The summed E-state index contributed by atoms with van der Waals surface area (Å²) in [5.41, 5.74) is 5.57. The van der Waals surface area contributed by atoms with Gasteiger partial charge in [-0.25, -0.2) is 4.98 Å². The summed E-state index contributed by atoms with van der Waals surface area (Å²) in [7, 11) is 0. The summed E-state index contributed by atoms with van der Waals surface area (Å²) in [5, 5.41) is 7.07. The molecule has 4 rings (SSSR count). The molecule has 1 aliphatic heterocycles. The average Bonchev–Trinajstić information content (AvgIpc) is 3.19. The topological polar surface area (TPSA) is 24.9 Å². The number of hydrogen-bond acceptors (Lipinski definition) is 3. The third-order valence-corrected chi connectivity index (χ3v) is 5.65. The zero-order valence-electron chi connectivity index (χ0n) is 12.4. The maximum atomic E-state index is 4.87. The number of fused-ring (bicyclic) bond motifs is 1. The fourth-order valence-corrected chi connectivity index (χ4v) is 4.46. The molecule has 1 atom stereocenters. The lowest BCUT2D eigenvalue weighted by molar-refractivity contribution is 0.601. The van der Waals surface area contributed by atoms with Crippen LogP contribution in [-0.4, -0.2) is 17.6 Å². The van der Waals surface area contributed by atoms with E-state index in [2.05, 4.69) is 28.9 Å². The quantitative estimate of drug-likeness (QED) is 0.927. The summed E-state index contributed by atoms with van der Waals surface area (Å²) < 4.78 is 0. The van der Waals surface area contributed by atoms with E-state index >= 15 is 0 Å². The molecule has 21 heavy (non-hydrogen) atoms. The number of rotatable bonds is 3. The summed E-state index contributed by atoms with van der Waals surface area (Å²) in [6, 6.07) is 7.60. The van der Waals surface area contributed by atoms with Crippen LogP contribution in [0, 0.1) is 0 Å². The lowest BCUT2D eigenvalue weighted by atomic mass is 9.90. The van der Waals surface area contributed by atoms with Gasteiger partial charge in [0, 0.05) is 23.4 Å². The van der Waals surface area contributed by atoms with Crippen LogP contribution in [-0.2, 0) is 19.3 Å². The first-order valence-electron chi connectivity index (χ1n) is 8.18. The second-order valence-electron chi connectivity index (χ2n) is 6.31. The van der Waals surface area contributed by atoms with Crippen molar-refractivity contribution >= 4 is 11.3 Å². The minimum absolute atomic E-state index is 0.646. The summed E-state index contributed by atoms with van der Waals surface area (Å²) in [6.45, 7) is 1.17. The second kappa shape index (κ2) is 5.90. The molecule has 2 heterocycles. The molecule has 2 aromatic rings. The largest absolute Gasteiger partial charge is 0.314 e. The number of nitrogens with zero attached hydrogens (tertiary/aromatic N) is 1. The first-order valence-corrected chi connectivity index (χ1v) is 9.06. The fraction of sp³-hybridized carbons (Fsp3) is 0.500. The van der Waals surface area contributed by atoms with Gasteiger partial charge in [0.25, 0.3) is 0 Å². The van der Waals surface area contributed by atoms with Crippen LogP contribution < -0.4 is 5.32 Å². The van der Waals surface area contributed by atoms with Crippen LogP contribution in [0.5, 0.6) is 0 Å². The Kier molecular flexibility index (Phi) is 3.78. The molecular formula is C18H22N2S. The molecule has 2 aliphatic rings. The fourth-order valence-electron chi connectivity index (χ4n) is 3.57. The van der Waals surface area contributed by atoms with E-state index < -0.39 is 0 Å². The van der Waals surface area contributed by atoms with E-state index in [9.17, 15) is 0 Å². The highest BCUT2D eigenvalue weighted by molar-refractivity contribution is 7.09. The Hall–Kier alpha value is -1.19. The van der Waals surface area contributed by atoms with Crippen LogP contribution in [0.25, 0.3) is 11.3 Å². The molecule has 1 aliphatic carbocycles. The molecule has 0 amide bonds. The first kappa shape index (κ1) is 13.5. The molecule has 1 saturated heterocycles. The van der Waals surface area contributed by atoms with Gasteiger partial charge in [-0.1, -0.05) is 12.1 Å². The predicted molar refractivity (Wildman–Crippen MR) is 88.9 cm³/mol. The molecular weight excluding hydrogens is 276 g/mol. The highest BCUT2D eigenvalue weighted by Gasteiger charge is 2.17. The van der Waals surface area contributed by atoms with Crippen molar-refractivity contribution < 1.29 is 0 Å². The van der Waals surface area contributed by atoms with Crippen molar-refractivity contribution in [2.24, 2.45) is 0 Å². The molecule has 1 aromatic carbocycles. The van der Waals surface area contributed by atoms with E-state index in [0.29, 0.717) is 6.04 Å². The van der Waals surface area contributed by atoms with Crippen molar-refractivity contribution in [3.8, 4) is 11.3 Å². The maximum Gasteiger partial charge on any atom is 0.0948 e. The number of thiazole rings is 1. The van der Waals surface area contributed by atoms with Crippen LogP contribution in [0.3, 0.4) is 0 Å². The molecule has 0 spiro atoms. The minimum Gasteiger partial charge on any atom is -0.314 e. The molecule has 0 radical (unpaired) electrons. The molecule has 110 valence electrons. The van der Waals surface area contributed by atoms with Crippen LogP contribution >= 0.6 is 11.3 Å². The van der Waals surface area contributed by atoms with Gasteiger partial charge in [0.1, 0.15) is 0 Å². The molecule has 1 unspecified atom stereocenters. The van der Waals surface area contributed by atoms with Crippen molar-refractivity contribution in [1.82, 2.24) is 10.3 Å². The zero-order chi connectivity index (χ0) is 14.1. The molecule has 1 fully saturated rings. The van der Waals surface area contributed by atoms with Gasteiger partial charge in [0.2, 0.25) is 0 Å². The minimum atomic E-state index is 0.646. The highest BCUT2D eigenvalue weighted by Crippen LogP contribution is 2.28. The monoisotopic (exact) mass is 298 g/mol. The van der Waals surface area contributed by atoms with Gasteiger partial charge in [0.05, 0.1) is 10.7 Å². The zero-order valence-corrected chi connectivity index (χ0v) is 13.2. The van der Waals surface area contributed by atoms with E-state index in [1.165, 1.54) is 61.3 Å². The Balaban J connectivity index is 1.54. The average molecular weight is 298 g/mol. The number of aromatic nitrogens is 1. The Labute approximate surface area is 130 Å². The highest BCUT2D eigenvalue weighted by atomic mass is 32.1. The maximum absolute atomic E-state index is 4.87. The van der Waals surface area contributed by atoms with E-state index in [1.54, 1.807) is 11.1 Å². The van der Waals surface area contributed by atoms with Crippen molar-refractivity contribution in [2.75, 3.05) is 6.54 Å². The van der Waals surface area contributed by atoms with E-state index in [-0.39, 0.29) is 0 Å². The van der Waals surface area contributed by atoms with Gasteiger partial charge in [-0.3, -0.25) is 0 Å². The summed E-state index contributed by atoms with van der Waals surface area (Å²) in [5.74, 6) is 0. The standard InChI is InChI=1S/C18H22N2S/c1-2-5-14-10-15(8-7-13(14)4-1)17-12-21-18(20-17)11-16-6-3-9-19-16/h7-8,10,12,16,19H,1-6,9,11H2. The van der Waals surface area contributed by atoms with Gasteiger partial charge in [-0.15, -0.1) is 11.3 Å². The smallest absolute Gasteiger partial charge is 0.0948 e. The van der Waals surface area contributed by atoms with Gasteiger partial charge < -0.3 is 5.32 Å². The van der Waals surface area contributed by atoms with Crippen molar-refractivity contribution in [2.45, 2.75) is 51.0 Å². The molecule has 0 bridgehead atoms. The molecule has 1 aromatic heterocycles. The predicted octanol–water partition coefficient (Wildman–Crippen LogP) is 3.98. The van der Waals surface area contributed by atoms with Crippen LogP contribution in [0.15, 0.2) is 23.6 Å². The Morgan fingerprint density at radius 2 is 2.05 bits per heavy atom. The Morgan fingerprint density at radius 3 is 2.90 bits per heavy atom. The third kappa shape index (κ3) is 2.90. The SMILES string of the molecule is c1cc2c(cc1-c1csc(CC3CCCN3)n1)CCCC2. The third-order valence-electron chi connectivity index (χ3n) is 4.78. The summed E-state index contributed by atoms with van der Waals surface area (Å²) in [4.78, 5) is 4.87. The van der Waals surface area contributed by atoms with Crippen molar-refractivity contribution in [3.05, 3.63) is 39.7 Å². The lowest BCUT2D eigenvalue weighted by Crippen LogP contribution is -2.23. The van der Waals surface area contributed by atoms with Crippen LogP contribution in [0.1, 0.15) is 41.8 Å². The normalized spacial score (nSPS) is 21.4. The van der Waals surface area contributed by atoms with Crippen molar-refractivity contribution in [1.29, 1.82) is 0 Å². The van der Waals surface area contributed by atoms with E-state index in [4.69, 9.17) is 4.98 Å². The molecule has 2 nitrogen and oxygen atoms in total. The Morgan fingerprint density at radius 1 is 1.14 bits per heavy atom. The van der Waals surface area contributed by atoms with Gasteiger partial charge in [-0.05, 0) is 62.3 Å². The number of aryl methyl sites for hydroxylation is 2. The van der Waals surface area contributed by atoms with Gasteiger partial charge >= 0.3 is 0 Å². The summed E-state index contributed by atoms with van der Waals surface area (Å²) >= 11 is 1.82. The van der Waals surface area contributed by atoms with Crippen molar-refractivity contribution in [3.63, 3.8) is 0 Å². The Bertz CT molecular complexity index is 626. The second-order valence-corrected chi connectivity index (χ2v) is 7.26. The molecule has 1 N–H and O–H groups in total. The molecule has 3 heteroatoms. The van der Waals surface area contributed by atoms with E-state index in [0.717, 1.165) is 6.42 Å².